The second kappa shape index (κ2) is 7.93. The van der Waals surface area contributed by atoms with Gasteiger partial charge in [0.15, 0.2) is 0 Å². The van der Waals surface area contributed by atoms with Crippen molar-refractivity contribution in [1.29, 1.82) is 0 Å². The van der Waals surface area contributed by atoms with Crippen LogP contribution in [0.25, 0.3) is 0 Å². The first-order valence-corrected chi connectivity index (χ1v) is 8.08. The van der Waals surface area contributed by atoms with Crippen molar-refractivity contribution in [2.45, 2.75) is 31.1 Å². The third-order valence-electron chi connectivity index (χ3n) is 4.58. The molecule has 2 unspecified atom stereocenters. The molecule has 0 aliphatic heterocycles. The molecule has 0 aromatic heterocycles. The lowest BCUT2D eigenvalue weighted by molar-refractivity contribution is -0.132. The first kappa shape index (κ1) is 18.0. The summed E-state index contributed by atoms with van der Waals surface area (Å²) in [6, 6.07) is 19.7. The summed E-state index contributed by atoms with van der Waals surface area (Å²) in [6.07, 6.45) is 1.01. The maximum Gasteiger partial charge on any atom is 0.330 e. The maximum absolute atomic E-state index is 11.2. The predicted molar refractivity (Wildman–Crippen MR) is 96.1 cm³/mol. The molecule has 0 saturated heterocycles. The van der Waals surface area contributed by atoms with E-state index in [1.165, 1.54) is 0 Å². The predicted octanol–water partition coefficient (Wildman–Crippen LogP) is 4.14. The molecule has 2 atom stereocenters. The number of hydrogen-bond acceptors (Lipinski definition) is 2. The SMILES string of the molecule is C=C(CC(CC(C)(CO)c1ccccc1)c1ccccc1)C(=O)O. The summed E-state index contributed by atoms with van der Waals surface area (Å²) in [7, 11) is 0. The highest BCUT2D eigenvalue weighted by atomic mass is 16.4. The average molecular weight is 324 g/mol. The number of aliphatic carboxylic acids is 1. The van der Waals surface area contributed by atoms with Crippen molar-refractivity contribution in [1.82, 2.24) is 0 Å². The number of benzene rings is 2. The van der Waals surface area contributed by atoms with Gasteiger partial charge < -0.3 is 10.2 Å². The second-order valence-corrected chi connectivity index (χ2v) is 6.51. The van der Waals surface area contributed by atoms with E-state index in [4.69, 9.17) is 0 Å². The number of carbonyl (C=O) groups is 1. The van der Waals surface area contributed by atoms with E-state index in [9.17, 15) is 15.0 Å². The minimum absolute atomic E-state index is 0.000105. The molecule has 126 valence electrons. The Bertz CT molecular complexity index is 679. The van der Waals surface area contributed by atoms with Crippen molar-refractivity contribution < 1.29 is 15.0 Å². The first-order chi connectivity index (χ1) is 11.5. The number of aliphatic hydroxyl groups is 1. The summed E-state index contributed by atoms with van der Waals surface area (Å²) < 4.78 is 0. The van der Waals surface area contributed by atoms with E-state index in [2.05, 4.69) is 6.58 Å². The van der Waals surface area contributed by atoms with Gasteiger partial charge >= 0.3 is 5.97 Å². The fourth-order valence-corrected chi connectivity index (χ4v) is 3.08. The third-order valence-corrected chi connectivity index (χ3v) is 4.58. The van der Waals surface area contributed by atoms with Gasteiger partial charge in [-0.1, -0.05) is 74.2 Å². The largest absolute Gasteiger partial charge is 0.478 e. The molecule has 2 rings (SSSR count). The lowest BCUT2D eigenvalue weighted by Gasteiger charge is -2.32. The molecule has 2 aromatic carbocycles. The molecule has 2 aromatic rings. The van der Waals surface area contributed by atoms with Crippen LogP contribution in [-0.4, -0.2) is 22.8 Å². The third kappa shape index (κ3) is 4.33. The Hall–Kier alpha value is -2.39. The molecular formula is C21H24O3. The van der Waals surface area contributed by atoms with Crippen LogP contribution in [-0.2, 0) is 10.2 Å². The summed E-state index contributed by atoms with van der Waals surface area (Å²) in [5.74, 6) is -0.992. The van der Waals surface area contributed by atoms with Gasteiger partial charge in [-0.05, 0) is 29.9 Å². The Morgan fingerprint density at radius 2 is 1.62 bits per heavy atom. The van der Waals surface area contributed by atoms with Gasteiger partial charge in [0.1, 0.15) is 0 Å². The number of rotatable bonds is 8. The van der Waals surface area contributed by atoms with Crippen molar-refractivity contribution in [3.05, 3.63) is 83.9 Å². The maximum atomic E-state index is 11.2. The van der Waals surface area contributed by atoms with Crippen molar-refractivity contribution in [3.8, 4) is 0 Å². The normalized spacial score (nSPS) is 14.6. The van der Waals surface area contributed by atoms with Crippen LogP contribution in [0, 0.1) is 0 Å². The number of hydrogen-bond donors (Lipinski definition) is 2. The van der Waals surface area contributed by atoms with E-state index in [1.807, 2.05) is 67.6 Å². The molecule has 0 amide bonds. The molecule has 0 spiro atoms. The molecule has 0 fully saturated rings. The standard InChI is InChI=1S/C21H24O3/c1-16(20(23)24)13-18(17-9-5-3-6-10-17)14-21(2,15-22)19-11-7-4-8-12-19/h3-12,18,22H,1,13-15H2,2H3,(H,23,24). The lowest BCUT2D eigenvalue weighted by atomic mass is 9.73. The Morgan fingerprint density at radius 1 is 1.08 bits per heavy atom. The van der Waals surface area contributed by atoms with Crippen molar-refractivity contribution in [2.24, 2.45) is 0 Å². The Morgan fingerprint density at radius 3 is 2.12 bits per heavy atom. The molecule has 0 radical (unpaired) electrons. The zero-order chi connectivity index (χ0) is 17.6. The van der Waals surface area contributed by atoms with E-state index < -0.39 is 11.4 Å². The lowest BCUT2D eigenvalue weighted by Crippen LogP contribution is -2.29. The van der Waals surface area contributed by atoms with E-state index in [0.717, 1.165) is 11.1 Å². The average Bonchev–Trinajstić information content (AvgIpc) is 2.62. The highest BCUT2D eigenvalue weighted by Gasteiger charge is 2.31. The van der Waals surface area contributed by atoms with Gasteiger partial charge in [-0.2, -0.15) is 0 Å². The molecule has 0 heterocycles. The van der Waals surface area contributed by atoms with E-state index in [1.54, 1.807) is 0 Å². The van der Waals surface area contributed by atoms with Crippen molar-refractivity contribution >= 4 is 5.97 Å². The van der Waals surface area contributed by atoms with Gasteiger partial charge in [0, 0.05) is 11.0 Å². The Balaban J connectivity index is 2.33. The summed E-state index contributed by atoms with van der Waals surface area (Å²) in [5.41, 5.74) is 1.86. The van der Waals surface area contributed by atoms with Gasteiger partial charge in [0.05, 0.1) is 6.61 Å². The van der Waals surface area contributed by atoms with Gasteiger partial charge in [-0.3, -0.25) is 0 Å². The second-order valence-electron chi connectivity index (χ2n) is 6.51. The summed E-state index contributed by atoms with van der Waals surface area (Å²) in [6.45, 7) is 5.70. The molecule has 3 heteroatoms. The van der Waals surface area contributed by atoms with Crippen molar-refractivity contribution in [2.75, 3.05) is 6.61 Å². The van der Waals surface area contributed by atoms with Crippen LogP contribution in [0.3, 0.4) is 0 Å². The van der Waals surface area contributed by atoms with Crippen LogP contribution >= 0.6 is 0 Å². The molecule has 0 aliphatic carbocycles. The molecule has 0 saturated carbocycles. The molecule has 0 bridgehead atoms. The van der Waals surface area contributed by atoms with Crippen LogP contribution in [0.2, 0.25) is 0 Å². The van der Waals surface area contributed by atoms with Crippen LogP contribution in [0.1, 0.15) is 36.8 Å². The van der Waals surface area contributed by atoms with Crippen molar-refractivity contribution in [3.63, 3.8) is 0 Å². The summed E-state index contributed by atoms with van der Waals surface area (Å²) in [5, 5.41) is 19.2. The van der Waals surface area contributed by atoms with Crippen LogP contribution < -0.4 is 0 Å². The molecular weight excluding hydrogens is 300 g/mol. The highest BCUT2D eigenvalue weighted by Crippen LogP contribution is 2.38. The van der Waals surface area contributed by atoms with E-state index >= 15 is 0 Å². The van der Waals surface area contributed by atoms with E-state index in [0.29, 0.717) is 12.8 Å². The fourth-order valence-electron chi connectivity index (χ4n) is 3.08. The Labute approximate surface area is 143 Å². The van der Waals surface area contributed by atoms with E-state index in [-0.39, 0.29) is 18.1 Å². The van der Waals surface area contributed by atoms with Crippen LogP contribution in [0.4, 0.5) is 0 Å². The van der Waals surface area contributed by atoms with Gasteiger partial charge in [-0.25, -0.2) is 4.79 Å². The minimum atomic E-state index is -0.971. The molecule has 24 heavy (non-hydrogen) atoms. The number of carboxylic acid groups (broad SMARTS) is 1. The summed E-state index contributed by atoms with van der Waals surface area (Å²) in [4.78, 5) is 11.2. The van der Waals surface area contributed by atoms with Crippen LogP contribution in [0.15, 0.2) is 72.8 Å². The Kier molecular flexibility index (Phi) is 5.93. The van der Waals surface area contributed by atoms with Crippen LogP contribution in [0.5, 0.6) is 0 Å². The zero-order valence-electron chi connectivity index (χ0n) is 14.0. The molecule has 2 N–H and O–H groups in total. The zero-order valence-corrected chi connectivity index (χ0v) is 14.0. The minimum Gasteiger partial charge on any atom is -0.478 e. The quantitative estimate of drug-likeness (QED) is 0.718. The highest BCUT2D eigenvalue weighted by molar-refractivity contribution is 5.85. The van der Waals surface area contributed by atoms with Gasteiger partial charge in [0.25, 0.3) is 0 Å². The molecule has 3 nitrogen and oxygen atoms in total. The fraction of sp³-hybridized carbons (Fsp3) is 0.286. The number of carboxylic acids is 1. The smallest absolute Gasteiger partial charge is 0.330 e. The monoisotopic (exact) mass is 324 g/mol. The first-order valence-electron chi connectivity index (χ1n) is 8.08. The van der Waals surface area contributed by atoms with Gasteiger partial charge in [-0.15, -0.1) is 0 Å². The number of aliphatic hydroxyl groups excluding tert-OH is 1. The van der Waals surface area contributed by atoms with Gasteiger partial charge in [0.2, 0.25) is 0 Å². The topological polar surface area (TPSA) is 57.5 Å². The summed E-state index contributed by atoms with van der Waals surface area (Å²) >= 11 is 0. The molecule has 0 aliphatic rings.